The van der Waals surface area contributed by atoms with Crippen LogP contribution in [0.2, 0.25) is 5.02 Å². The molecule has 1 amide bonds. The van der Waals surface area contributed by atoms with Crippen LogP contribution in [-0.4, -0.2) is 32.2 Å². The Morgan fingerprint density at radius 1 is 1.14 bits per heavy atom. The third kappa shape index (κ3) is 4.07. The number of benzene rings is 2. The molecule has 0 radical (unpaired) electrons. The standard InChI is InChI=1S/C15H15ClN2O3S/c1-18(22(20,21)14-8-3-2-4-9-14)11-15(19)17-13-7-5-6-12(16)10-13/h2-10H,11H2,1H3,(H,17,19). The molecule has 0 aliphatic rings. The number of hydrogen-bond donors (Lipinski definition) is 1. The molecule has 5 nitrogen and oxygen atoms in total. The fourth-order valence-corrected chi connectivity index (χ4v) is 3.16. The molecule has 7 heteroatoms. The average Bonchev–Trinajstić information content (AvgIpc) is 2.48. The first-order chi connectivity index (χ1) is 10.4. The molecule has 0 atom stereocenters. The molecule has 22 heavy (non-hydrogen) atoms. The van der Waals surface area contributed by atoms with Gasteiger partial charge in [0.25, 0.3) is 0 Å². The van der Waals surface area contributed by atoms with Crippen molar-refractivity contribution >= 4 is 33.2 Å². The molecule has 0 aliphatic carbocycles. The van der Waals surface area contributed by atoms with Gasteiger partial charge in [-0.15, -0.1) is 0 Å². The number of nitrogens with one attached hydrogen (secondary N) is 1. The van der Waals surface area contributed by atoms with E-state index < -0.39 is 15.9 Å². The lowest BCUT2D eigenvalue weighted by molar-refractivity contribution is -0.116. The number of carbonyl (C=O) groups is 1. The maximum absolute atomic E-state index is 12.3. The first kappa shape index (κ1) is 16.5. The van der Waals surface area contributed by atoms with E-state index in [1.807, 2.05) is 0 Å². The molecule has 0 saturated heterocycles. The highest BCUT2D eigenvalue weighted by molar-refractivity contribution is 7.89. The number of halogens is 1. The van der Waals surface area contributed by atoms with Crippen LogP contribution in [-0.2, 0) is 14.8 Å². The number of anilines is 1. The predicted molar refractivity (Wildman–Crippen MR) is 86.3 cm³/mol. The van der Waals surface area contributed by atoms with Gasteiger partial charge in [0.2, 0.25) is 15.9 Å². The number of carbonyl (C=O) groups excluding carboxylic acids is 1. The van der Waals surface area contributed by atoms with E-state index >= 15 is 0 Å². The van der Waals surface area contributed by atoms with Gasteiger partial charge in [0.1, 0.15) is 0 Å². The molecule has 2 aromatic carbocycles. The molecule has 0 saturated carbocycles. The first-order valence-corrected chi connectivity index (χ1v) is 8.28. The Kier molecular flexibility index (Phi) is 5.18. The minimum absolute atomic E-state index is 0.146. The summed E-state index contributed by atoms with van der Waals surface area (Å²) in [5.41, 5.74) is 0.517. The lowest BCUT2D eigenvalue weighted by Crippen LogP contribution is -2.34. The van der Waals surface area contributed by atoms with Crippen molar-refractivity contribution in [3.8, 4) is 0 Å². The summed E-state index contributed by atoms with van der Waals surface area (Å²) in [5, 5.41) is 3.10. The number of hydrogen-bond acceptors (Lipinski definition) is 3. The monoisotopic (exact) mass is 338 g/mol. The molecule has 2 aromatic rings. The van der Waals surface area contributed by atoms with E-state index in [1.165, 1.54) is 19.2 Å². The maximum atomic E-state index is 12.3. The summed E-state index contributed by atoms with van der Waals surface area (Å²) in [4.78, 5) is 12.1. The summed E-state index contributed by atoms with van der Waals surface area (Å²) in [6, 6.07) is 14.6. The quantitative estimate of drug-likeness (QED) is 0.911. The van der Waals surface area contributed by atoms with Crippen molar-refractivity contribution in [1.82, 2.24) is 4.31 Å². The lowest BCUT2D eigenvalue weighted by atomic mass is 10.3. The second-order valence-electron chi connectivity index (χ2n) is 4.63. The number of likely N-dealkylation sites (N-methyl/N-ethyl adjacent to an activating group) is 1. The summed E-state index contributed by atoms with van der Waals surface area (Å²) in [5.74, 6) is -0.440. The van der Waals surface area contributed by atoms with Crippen molar-refractivity contribution in [2.75, 3.05) is 18.9 Å². The van der Waals surface area contributed by atoms with Crippen LogP contribution in [0.4, 0.5) is 5.69 Å². The third-order valence-electron chi connectivity index (χ3n) is 2.93. The molecule has 0 heterocycles. The minimum Gasteiger partial charge on any atom is -0.325 e. The van der Waals surface area contributed by atoms with Gasteiger partial charge < -0.3 is 5.32 Å². The highest BCUT2D eigenvalue weighted by Gasteiger charge is 2.22. The van der Waals surface area contributed by atoms with Crippen LogP contribution < -0.4 is 5.32 Å². The number of rotatable bonds is 5. The van der Waals surface area contributed by atoms with Crippen LogP contribution in [0.1, 0.15) is 0 Å². The van der Waals surface area contributed by atoms with Crippen LogP contribution in [0, 0.1) is 0 Å². The van der Waals surface area contributed by atoms with Gasteiger partial charge in [-0.1, -0.05) is 35.9 Å². The molecule has 0 spiro atoms. The predicted octanol–water partition coefficient (Wildman–Crippen LogP) is 2.60. The molecular formula is C15H15ClN2O3S. The summed E-state index contributed by atoms with van der Waals surface area (Å²) in [6.07, 6.45) is 0. The molecule has 2 rings (SSSR count). The van der Waals surface area contributed by atoms with Gasteiger partial charge in [0.15, 0.2) is 0 Å². The topological polar surface area (TPSA) is 66.5 Å². The van der Waals surface area contributed by atoms with Crippen LogP contribution in [0.15, 0.2) is 59.5 Å². The first-order valence-electron chi connectivity index (χ1n) is 6.46. The van der Waals surface area contributed by atoms with E-state index in [4.69, 9.17) is 11.6 Å². The Bertz CT molecular complexity index is 763. The SMILES string of the molecule is CN(CC(=O)Nc1cccc(Cl)c1)S(=O)(=O)c1ccccc1. The number of amides is 1. The number of nitrogens with zero attached hydrogens (tertiary/aromatic N) is 1. The van der Waals surface area contributed by atoms with E-state index in [9.17, 15) is 13.2 Å². The molecule has 0 fully saturated rings. The third-order valence-corrected chi connectivity index (χ3v) is 4.98. The van der Waals surface area contributed by atoms with Gasteiger partial charge in [0, 0.05) is 17.8 Å². The largest absolute Gasteiger partial charge is 0.325 e. The molecular weight excluding hydrogens is 324 g/mol. The second-order valence-corrected chi connectivity index (χ2v) is 7.11. The summed E-state index contributed by atoms with van der Waals surface area (Å²) in [7, 11) is -2.33. The fourth-order valence-electron chi connectivity index (χ4n) is 1.83. The van der Waals surface area contributed by atoms with E-state index in [0.717, 1.165) is 4.31 Å². The second kappa shape index (κ2) is 6.91. The molecule has 0 aliphatic heterocycles. The molecule has 0 unspecified atom stereocenters. The van der Waals surface area contributed by atoms with Crippen molar-refractivity contribution in [3.63, 3.8) is 0 Å². The Morgan fingerprint density at radius 2 is 1.82 bits per heavy atom. The summed E-state index contributed by atoms with van der Waals surface area (Å²) in [6.45, 7) is -0.288. The van der Waals surface area contributed by atoms with Gasteiger partial charge >= 0.3 is 0 Å². The molecule has 116 valence electrons. The van der Waals surface area contributed by atoms with Gasteiger partial charge in [0.05, 0.1) is 11.4 Å². The highest BCUT2D eigenvalue weighted by atomic mass is 35.5. The van der Waals surface area contributed by atoms with Gasteiger partial charge in [-0.05, 0) is 30.3 Å². The van der Waals surface area contributed by atoms with Crippen LogP contribution in [0.3, 0.4) is 0 Å². The lowest BCUT2D eigenvalue weighted by Gasteiger charge is -2.16. The van der Waals surface area contributed by atoms with Gasteiger partial charge in [-0.2, -0.15) is 4.31 Å². The van der Waals surface area contributed by atoms with Crippen molar-refractivity contribution in [3.05, 3.63) is 59.6 Å². The smallest absolute Gasteiger partial charge is 0.243 e. The van der Waals surface area contributed by atoms with Gasteiger partial charge in [-0.25, -0.2) is 8.42 Å². The van der Waals surface area contributed by atoms with Crippen molar-refractivity contribution in [2.24, 2.45) is 0 Å². The number of sulfonamides is 1. The van der Waals surface area contributed by atoms with Crippen molar-refractivity contribution in [1.29, 1.82) is 0 Å². The van der Waals surface area contributed by atoms with Crippen LogP contribution >= 0.6 is 11.6 Å². The van der Waals surface area contributed by atoms with E-state index in [0.29, 0.717) is 10.7 Å². The summed E-state index contributed by atoms with van der Waals surface area (Å²) < 4.78 is 25.6. The van der Waals surface area contributed by atoms with Gasteiger partial charge in [-0.3, -0.25) is 4.79 Å². The van der Waals surface area contributed by atoms with Crippen molar-refractivity contribution in [2.45, 2.75) is 4.90 Å². The zero-order valence-corrected chi connectivity index (χ0v) is 13.4. The molecule has 1 N–H and O–H groups in total. The Morgan fingerprint density at radius 3 is 2.45 bits per heavy atom. The highest BCUT2D eigenvalue weighted by Crippen LogP contribution is 2.16. The fraction of sp³-hybridized carbons (Fsp3) is 0.133. The Hall–Kier alpha value is -1.89. The van der Waals surface area contributed by atoms with Crippen LogP contribution in [0.25, 0.3) is 0 Å². The Labute approximate surface area is 134 Å². The van der Waals surface area contributed by atoms with E-state index in [2.05, 4.69) is 5.32 Å². The summed E-state index contributed by atoms with van der Waals surface area (Å²) >= 11 is 5.83. The van der Waals surface area contributed by atoms with Crippen molar-refractivity contribution < 1.29 is 13.2 Å². The molecule has 0 bridgehead atoms. The Balaban J connectivity index is 2.05. The van der Waals surface area contributed by atoms with E-state index in [1.54, 1.807) is 42.5 Å². The molecule has 0 aromatic heterocycles. The normalized spacial score (nSPS) is 11.4. The maximum Gasteiger partial charge on any atom is 0.243 e. The minimum atomic E-state index is -3.69. The van der Waals surface area contributed by atoms with E-state index in [-0.39, 0.29) is 11.4 Å². The average molecular weight is 339 g/mol. The van der Waals surface area contributed by atoms with Crippen LogP contribution in [0.5, 0.6) is 0 Å². The zero-order valence-electron chi connectivity index (χ0n) is 11.9. The zero-order chi connectivity index (χ0) is 16.2.